The quantitative estimate of drug-likeness (QED) is 0.526. The molecule has 2 amide bonds. The van der Waals surface area contributed by atoms with Gasteiger partial charge < -0.3 is 20.1 Å². The fraction of sp³-hybridized carbons (Fsp3) is 0.333. The van der Waals surface area contributed by atoms with Gasteiger partial charge in [-0.15, -0.1) is 0 Å². The summed E-state index contributed by atoms with van der Waals surface area (Å²) >= 11 is 12.1. The molecule has 0 saturated heterocycles. The Morgan fingerprint density at radius 1 is 1.06 bits per heavy atom. The number of amides is 2. The van der Waals surface area contributed by atoms with Gasteiger partial charge in [0, 0.05) is 11.1 Å². The number of hydrogen-bond donors (Lipinski definition) is 2. The maximum Gasteiger partial charge on any atom is 0.319 e. The fourth-order valence-electron chi connectivity index (χ4n) is 3.41. The van der Waals surface area contributed by atoms with Gasteiger partial charge in [-0.2, -0.15) is 5.26 Å². The smallest absolute Gasteiger partial charge is 0.319 e. The zero-order valence-corrected chi connectivity index (χ0v) is 19.9. The number of allylic oxidation sites excluding steroid dienone is 1. The SMILES string of the molecule is CCOc1cc([C@H]2NC(=O)NC(C(C)(C)C)=C2C#N)ccc1OCc1ccc(Cl)c(Cl)c1. The number of carbonyl (C=O) groups excluding carboxylic acids is 1. The van der Waals surface area contributed by atoms with E-state index in [-0.39, 0.29) is 12.6 Å². The van der Waals surface area contributed by atoms with E-state index >= 15 is 0 Å². The first-order valence-electron chi connectivity index (χ1n) is 10.2. The standard InChI is InChI=1S/C24H25Cl2N3O3/c1-5-31-20-11-15(21-16(12-27)22(24(2,3)4)29-23(30)28-21)7-9-19(20)32-13-14-6-8-17(25)18(26)10-14/h6-11,21H,5,13H2,1-4H3,(H2,28,29,30)/t21-/m1/s1. The molecule has 0 spiro atoms. The van der Waals surface area contributed by atoms with E-state index in [9.17, 15) is 10.1 Å². The van der Waals surface area contributed by atoms with Crippen LogP contribution in [0.3, 0.4) is 0 Å². The summed E-state index contributed by atoms with van der Waals surface area (Å²) in [5.41, 5.74) is 2.26. The summed E-state index contributed by atoms with van der Waals surface area (Å²) in [7, 11) is 0. The third-order valence-corrected chi connectivity index (χ3v) is 5.66. The van der Waals surface area contributed by atoms with E-state index in [1.165, 1.54) is 0 Å². The molecule has 3 rings (SSSR count). The van der Waals surface area contributed by atoms with Gasteiger partial charge in [-0.1, -0.05) is 56.1 Å². The number of nitrogens with one attached hydrogen (secondary N) is 2. The summed E-state index contributed by atoms with van der Waals surface area (Å²) in [6.45, 7) is 8.44. The van der Waals surface area contributed by atoms with E-state index in [0.717, 1.165) is 11.1 Å². The van der Waals surface area contributed by atoms with Gasteiger partial charge in [0.05, 0.1) is 34.3 Å². The molecule has 1 aliphatic rings. The number of nitrogens with zero attached hydrogens (tertiary/aromatic N) is 1. The Balaban J connectivity index is 1.93. The van der Waals surface area contributed by atoms with Crippen LogP contribution in [-0.2, 0) is 6.61 Å². The highest BCUT2D eigenvalue weighted by Crippen LogP contribution is 2.38. The van der Waals surface area contributed by atoms with Gasteiger partial charge in [-0.05, 0) is 42.3 Å². The molecule has 6 nitrogen and oxygen atoms in total. The largest absolute Gasteiger partial charge is 0.490 e. The number of carbonyl (C=O) groups is 1. The fourth-order valence-corrected chi connectivity index (χ4v) is 3.73. The van der Waals surface area contributed by atoms with Crippen molar-refractivity contribution >= 4 is 29.2 Å². The second kappa shape index (κ2) is 9.72. The van der Waals surface area contributed by atoms with Crippen molar-refractivity contribution in [1.82, 2.24) is 10.6 Å². The third kappa shape index (κ3) is 5.29. The van der Waals surface area contributed by atoms with E-state index in [2.05, 4.69) is 16.7 Å². The number of rotatable bonds is 6. The van der Waals surface area contributed by atoms with Crippen molar-refractivity contribution in [2.75, 3.05) is 6.61 Å². The van der Waals surface area contributed by atoms with Crippen LogP contribution in [0.25, 0.3) is 0 Å². The van der Waals surface area contributed by atoms with E-state index < -0.39 is 11.5 Å². The Morgan fingerprint density at radius 2 is 1.81 bits per heavy atom. The van der Waals surface area contributed by atoms with E-state index in [4.69, 9.17) is 32.7 Å². The van der Waals surface area contributed by atoms with Crippen LogP contribution in [0.5, 0.6) is 11.5 Å². The van der Waals surface area contributed by atoms with Crippen molar-refractivity contribution < 1.29 is 14.3 Å². The monoisotopic (exact) mass is 473 g/mol. The Hall–Kier alpha value is -2.88. The van der Waals surface area contributed by atoms with Crippen molar-refractivity contribution in [2.24, 2.45) is 5.41 Å². The summed E-state index contributed by atoms with van der Waals surface area (Å²) in [6.07, 6.45) is 0. The van der Waals surface area contributed by atoms with Gasteiger partial charge in [-0.3, -0.25) is 0 Å². The van der Waals surface area contributed by atoms with Gasteiger partial charge in [0.15, 0.2) is 11.5 Å². The van der Waals surface area contributed by atoms with Crippen molar-refractivity contribution in [3.63, 3.8) is 0 Å². The molecule has 0 radical (unpaired) electrons. The van der Waals surface area contributed by atoms with Crippen molar-refractivity contribution in [2.45, 2.75) is 40.3 Å². The topological polar surface area (TPSA) is 83.4 Å². The average molecular weight is 474 g/mol. The Kier molecular flexibility index (Phi) is 7.22. The molecule has 0 saturated carbocycles. The summed E-state index contributed by atoms with van der Waals surface area (Å²) in [4.78, 5) is 12.3. The van der Waals surface area contributed by atoms with Gasteiger partial charge in [0.1, 0.15) is 6.61 Å². The van der Waals surface area contributed by atoms with Crippen molar-refractivity contribution in [1.29, 1.82) is 5.26 Å². The first-order valence-corrected chi connectivity index (χ1v) is 10.9. The normalized spacial score (nSPS) is 16.2. The van der Waals surface area contributed by atoms with Crippen molar-refractivity contribution in [3.05, 3.63) is 68.8 Å². The lowest BCUT2D eigenvalue weighted by molar-refractivity contribution is 0.235. The summed E-state index contributed by atoms with van der Waals surface area (Å²) in [5.74, 6) is 1.06. The lowest BCUT2D eigenvalue weighted by atomic mass is 9.84. The van der Waals surface area contributed by atoms with Crippen LogP contribution in [0.1, 0.15) is 44.9 Å². The second-order valence-electron chi connectivity index (χ2n) is 8.36. The molecule has 2 aromatic carbocycles. The minimum atomic E-state index is -0.591. The van der Waals surface area contributed by atoms with Crippen LogP contribution >= 0.6 is 23.2 Å². The Morgan fingerprint density at radius 3 is 2.44 bits per heavy atom. The summed E-state index contributed by atoms with van der Waals surface area (Å²) < 4.78 is 11.7. The number of benzene rings is 2. The lowest BCUT2D eigenvalue weighted by Crippen LogP contribution is -2.46. The molecule has 2 N–H and O–H groups in total. The zero-order chi connectivity index (χ0) is 23.5. The van der Waals surface area contributed by atoms with E-state index in [0.29, 0.717) is 39.4 Å². The summed E-state index contributed by atoms with van der Waals surface area (Å²) in [5, 5.41) is 16.4. The van der Waals surface area contributed by atoms with Gasteiger partial charge in [0.25, 0.3) is 0 Å². The van der Waals surface area contributed by atoms with Crippen LogP contribution < -0.4 is 20.1 Å². The van der Waals surface area contributed by atoms with Crippen LogP contribution in [0, 0.1) is 16.7 Å². The van der Waals surface area contributed by atoms with E-state index in [1.807, 2.05) is 39.8 Å². The molecule has 0 aliphatic carbocycles. The summed E-state index contributed by atoms with van der Waals surface area (Å²) in [6, 6.07) is 12.0. The Bertz CT molecular complexity index is 1100. The van der Waals surface area contributed by atoms with Gasteiger partial charge in [0.2, 0.25) is 0 Å². The predicted molar refractivity (Wildman–Crippen MR) is 125 cm³/mol. The number of nitriles is 1. The highest BCUT2D eigenvalue weighted by molar-refractivity contribution is 6.42. The number of ether oxygens (including phenoxy) is 2. The lowest BCUT2D eigenvalue weighted by Gasteiger charge is -2.33. The number of halogens is 2. The maximum atomic E-state index is 12.3. The van der Waals surface area contributed by atoms with Crippen LogP contribution in [0.2, 0.25) is 10.0 Å². The molecular weight excluding hydrogens is 449 g/mol. The molecular formula is C24H25Cl2N3O3. The zero-order valence-electron chi connectivity index (χ0n) is 18.4. The highest BCUT2D eigenvalue weighted by Gasteiger charge is 2.34. The number of hydrogen-bond acceptors (Lipinski definition) is 4. The first-order chi connectivity index (χ1) is 15.1. The molecule has 1 heterocycles. The highest BCUT2D eigenvalue weighted by atomic mass is 35.5. The molecule has 2 aromatic rings. The second-order valence-corrected chi connectivity index (χ2v) is 9.17. The maximum absolute atomic E-state index is 12.3. The van der Waals surface area contributed by atoms with E-state index in [1.54, 1.807) is 24.3 Å². The molecule has 32 heavy (non-hydrogen) atoms. The van der Waals surface area contributed by atoms with Crippen LogP contribution in [-0.4, -0.2) is 12.6 Å². The molecule has 0 bridgehead atoms. The van der Waals surface area contributed by atoms with Crippen LogP contribution in [0.4, 0.5) is 4.79 Å². The molecule has 168 valence electrons. The molecule has 0 fully saturated rings. The average Bonchev–Trinajstić information content (AvgIpc) is 2.74. The number of urea groups is 1. The predicted octanol–water partition coefficient (Wildman–Crippen LogP) is 6.15. The molecule has 0 unspecified atom stereocenters. The molecule has 0 aromatic heterocycles. The minimum Gasteiger partial charge on any atom is -0.490 e. The molecule has 1 atom stereocenters. The Labute approximate surface area is 198 Å². The minimum absolute atomic E-state index is 0.276. The third-order valence-electron chi connectivity index (χ3n) is 4.92. The molecule has 8 heteroatoms. The van der Waals surface area contributed by atoms with Crippen LogP contribution in [0.15, 0.2) is 47.7 Å². The molecule has 1 aliphatic heterocycles. The first kappa shape index (κ1) is 23.8. The van der Waals surface area contributed by atoms with Gasteiger partial charge in [-0.25, -0.2) is 4.79 Å². The van der Waals surface area contributed by atoms with Gasteiger partial charge >= 0.3 is 6.03 Å². The van der Waals surface area contributed by atoms with Crippen molar-refractivity contribution in [3.8, 4) is 17.6 Å².